The van der Waals surface area contributed by atoms with E-state index >= 15 is 0 Å². The van der Waals surface area contributed by atoms with Crippen molar-refractivity contribution in [3.8, 4) is 0 Å². The highest BCUT2D eigenvalue weighted by molar-refractivity contribution is 5.98. The van der Waals surface area contributed by atoms with Crippen molar-refractivity contribution in [2.24, 2.45) is 5.73 Å². The van der Waals surface area contributed by atoms with Crippen LogP contribution in [0.1, 0.15) is 36.5 Å². The van der Waals surface area contributed by atoms with Gasteiger partial charge in [0.15, 0.2) is 0 Å². The Morgan fingerprint density at radius 2 is 2.00 bits per heavy atom. The second-order valence-electron chi connectivity index (χ2n) is 5.57. The fourth-order valence-electron chi connectivity index (χ4n) is 3.07. The van der Waals surface area contributed by atoms with Gasteiger partial charge in [-0.2, -0.15) is 0 Å². The SMILES string of the molecule is CC(N)CCc1cc2c3c(c1)CCN3C(=O)CC2. The predicted octanol–water partition coefficient (Wildman–Crippen LogP) is 1.80. The van der Waals surface area contributed by atoms with Gasteiger partial charge in [0, 0.05) is 19.0 Å². The summed E-state index contributed by atoms with van der Waals surface area (Å²) in [4.78, 5) is 13.8. The zero-order valence-corrected chi connectivity index (χ0v) is 10.9. The van der Waals surface area contributed by atoms with Gasteiger partial charge in [-0.25, -0.2) is 0 Å². The minimum absolute atomic E-state index is 0.257. The molecule has 0 saturated heterocycles. The predicted molar refractivity (Wildman–Crippen MR) is 72.8 cm³/mol. The van der Waals surface area contributed by atoms with Gasteiger partial charge in [-0.05, 0) is 49.3 Å². The summed E-state index contributed by atoms with van der Waals surface area (Å²) in [6.45, 7) is 2.93. The molecule has 0 bridgehead atoms. The molecule has 0 fully saturated rings. The fraction of sp³-hybridized carbons (Fsp3) is 0.533. The second-order valence-corrected chi connectivity index (χ2v) is 5.57. The molecule has 2 heterocycles. The molecule has 1 atom stereocenters. The maximum Gasteiger partial charge on any atom is 0.227 e. The van der Waals surface area contributed by atoms with Crippen molar-refractivity contribution >= 4 is 11.6 Å². The molecular formula is C15H20N2O. The van der Waals surface area contributed by atoms with Gasteiger partial charge >= 0.3 is 0 Å². The number of hydrogen-bond acceptors (Lipinski definition) is 2. The Bertz CT molecular complexity index is 494. The number of rotatable bonds is 3. The highest BCUT2D eigenvalue weighted by atomic mass is 16.2. The summed E-state index contributed by atoms with van der Waals surface area (Å²) < 4.78 is 0. The molecule has 2 aliphatic rings. The molecule has 1 unspecified atom stereocenters. The maximum atomic E-state index is 11.8. The van der Waals surface area contributed by atoms with E-state index in [1.165, 1.54) is 22.4 Å². The first-order valence-electron chi connectivity index (χ1n) is 6.86. The summed E-state index contributed by atoms with van der Waals surface area (Å²) in [6.07, 6.45) is 4.67. The first-order valence-corrected chi connectivity index (χ1v) is 6.86. The Labute approximate surface area is 108 Å². The van der Waals surface area contributed by atoms with Crippen LogP contribution in [0.25, 0.3) is 0 Å². The van der Waals surface area contributed by atoms with Gasteiger partial charge in [0.1, 0.15) is 0 Å². The van der Waals surface area contributed by atoms with Gasteiger partial charge in [0.25, 0.3) is 0 Å². The third kappa shape index (κ3) is 1.93. The Hall–Kier alpha value is -1.35. The van der Waals surface area contributed by atoms with E-state index in [0.717, 1.165) is 32.2 Å². The van der Waals surface area contributed by atoms with Gasteiger partial charge in [-0.1, -0.05) is 12.1 Å². The quantitative estimate of drug-likeness (QED) is 0.881. The van der Waals surface area contributed by atoms with Crippen LogP contribution in [0.5, 0.6) is 0 Å². The lowest BCUT2D eigenvalue weighted by Gasteiger charge is -2.26. The van der Waals surface area contributed by atoms with E-state index < -0.39 is 0 Å². The molecule has 2 aliphatic heterocycles. The topological polar surface area (TPSA) is 46.3 Å². The lowest BCUT2D eigenvalue weighted by atomic mass is 9.94. The minimum Gasteiger partial charge on any atom is -0.328 e. The highest BCUT2D eigenvalue weighted by Crippen LogP contribution is 2.37. The summed E-state index contributed by atoms with van der Waals surface area (Å²) in [5.74, 6) is 0.296. The molecule has 2 N–H and O–H groups in total. The van der Waals surface area contributed by atoms with Crippen molar-refractivity contribution in [1.29, 1.82) is 0 Å². The molecule has 18 heavy (non-hydrogen) atoms. The van der Waals surface area contributed by atoms with E-state index in [9.17, 15) is 4.79 Å². The van der Waals surface area contributed by atoms with E-state index in [1.807, 2.05) is 4.90 Å². The molecule has 1 amide bonds. The molecular weight excluding hydrogens is 224 g/mol. The van der Waals surface area contributed by atoms with E-state index in [-0.39, 0.29) is 6.04 Å². The molecule has 0 radical (unpaired) electrons. The van der Waals surface area contributed by atoms with Crippen LogP contribution in [0.3, 0.4) is 0 Å². The summed E-state index contributed by atoms with van der Waals surface area (Å²) in [6, 6.07) is 4.82. The fourth-order valence-corrected chi connectivity index (χ4v) is 3.07. The number of carbonyl (C=O) groups is 1. The van der Waals surface area contributed by atoms with Crippen molar-refractivity contribution < 1.29 is 4.79 Å². The number of nitrogens with zero attached hydrogens (tertiary/aromatic N) is 1. The number of nitrogens with two attached hydrogens (primary N) is 1. The van der Waals surface area contributed by atoms with Crippen LogP contribution in [-0.2, 0) is 24.1 Å². The Morgan fingerprint density at radius 3 is 2.72 bits per heavy atom. The van der Waals surface area contributed by atoms with E-state index in [1.54, 1.807) is 0 Å². The van der Waals surface area contributed by atoms with Crippen LogP contribution >= 0.6 is 0 Å². The van der Waals surface area contributed by atoms with Crippen LogP contribution in [0.4, 0.5) is 5.69 Å². The van der Waals surface area contributed by atoms with Crippen LogP contribution in [-0.4, -0.2) is 18.5 Å². The molecule has 0 aliphatic carbocycles. The van der Waals surface area contributed by atoms with Crippen LogP contribution in [0, 0.1) is 0 Å². The van der Waals surface area contributed by atoms with Crippen molar-refractivity contribution in [3.63, 3.8) is 0 Å². The van der Waals surface area contributed by atoms with Gasteiger partial charge in [-0.15, -0.1) is 0 Å². The Balaban J connectivity index is 1.92. The average molecular weight is 244 g/mol. The molecule has 0 saturated carbocycles. The normalized spacial score (nSPS) is 19.0. The smallest absolute Gasteiger partial charge is 0.227 e. The van der Waals surface area contributed by atoms with Gasteiger partial charge < -0.3 is 10.6 Å². The molecule has 1 aromatic rings. The van der Waals surface area contributed by atoms with Crippen molar-refractivity contribution in [1.82, 2.24) is 0 Å². The summed E-state index contributed by atoms with van der Waals surface area (Å²) in [5, 5.41) is 0. The van der Waals surface area contributed by atoms with E-state index in [0.29, 0.717) is 12.3 Å². The third-order valence-electron chi connectivity index (χ3n) is 4.00. The van der Waals surface area contributed by atoms with Crippen molar-refractivity contribution in [2.75, 3.05) is 11.4 Å². The molecule has 96 valence electrons. The minimum atomic E-state index is 0.257. The zero-order chi connectivity index (χ0) is 12.7. The lowest BCUT2D eigenvalue weighted by molar-refractivity contribution is -0.118. The number of benzene rings is 1. The summed E-state index contributed by atoms with van der Waals surface area (Å²) >= 11 is 0. The maximum absolute atomic E-state index is 11.8. The van der Waals surface area contributed by atoms with Crippen molar-refractivity contribution in [3.05, 3.63) is 28.8 Å². The first kappa shape index (κ1) is 11.7. The Kier molecular flexibility index (Phi) is 2.86. The van der Waals surface area contributed by atoms with Gasteiger partial charge in [-0.3, -0.25) is 4.79 Å². The largest absolute Gasteiger partial charge is 0.328 e. The molecule has 3 nitrogen and oxygen atoms in total. The zero-order valence-electron chi connectivity index (χ0n) is 10.9. The molecule has 3 heteroatoms. The number of hydrogen-bond donors (Lipinski definition) is 1. The lowest BCUT2D eigenvalue weighted by Crippen LogP contribution is -2.32. The average Bonchev–Trinajstić information content (AvgIpc) is 2.76. The standard InChI is InChI=1S/C15H20N2O/c1-10(16)2-3-11-8-12-4-5-14(18)17-7-6-13(9-11)15(12)17/h8-10H,2-7,16H2,1H3. The van der Waals surface area contributed by atoms with E-state index in [2.05, 4.69) is 19.1 Å². The van der Waals surface area contributed by atoms with Gasteiger partial charge in [0.05, 0.1) is 5.69 Å². The van der Waals surface area contributed by atoms with Gasteiger partial charge in [0.2, 0.25) is 5.91 Å². The summed E-state index contributed by atoms with van der Waals surface area (Å²) in [5.41, 5.74) is 11.2. The second kappa shape index (κ2) is 4.39. The third-order valence-corrected chi connectivity index (χ3v) is 4.00. The molecule has 0 spiro atoms. The van der Waals surface area contributed by atoms with Crippen LogP contribution in [0.2, 0.25) is 0 Å². The van der Waals surface area contributed by atoms with E-state index in [4.69, 9.17) is 5.73 Å². The number of amides is 1. The van der Waals surface area contributed by atoms with Crippen LogP contribution < -0.4 is 10.6 Å². The molecule has 0 aromatic heterocycles. The Morgan fingerprint density at radius 1 is 1.28 bits per heavy atom. The molecule has 3 rings (SSSR count). The summed E-state index contributed by atoms with van der Waals surface area (Å²) in [7, 11) is 0. The molecule has 1 aromatic carbocycles. The monoisotopic (exact) mass is 244 g/mol. The first-order chi connectivity index (χ1) is 8.65. The van der Waals surface area contributed by atoms with Crippen molar-refractivity contribution in [2.45, 2.75) is 45.1 Å². The highest BCUT2D eigenvalue weighted by Gasteiger charge is 2.31. The number of aryl methyl sites for hydroxylation is 2. The number of anilines is 1. The number of carbonyl (C=O) groups excluding carboxylic acids is 1. The van der Waals surface area contributed by atoms with Crippen LogP contribution in [0.15, 0.2) is 12.1 Å².